The minimum Gasteiger partial charge on any atom is -0.384 e. The van der Waals surface area contributed by atoms with Crippen LogP contribution in [0.15, 0.2) is 18.2 Å². The van der Waals surface area contributed by atoms with Crippen molar-refractivity contribution in [1.82, 2.24) is 0 Å². The molecule has 0 saturated heterocycles. The van der Waals surface area contributed by atoms with Crippen LogP contribution in [0.4, 0.5) is 4.39 Å². The first-order valence-electron chi connectivity index (χ1n) is 2.90. The van der Waals surface area contributed by atoms with Crippen LogP contribution in [0, 0.1) is 14.8 Å². The molecule has 3 N–H and O–H groups in total. The average molecular weight is 301 g/mol. The summed E-state index contributed by atoms with van der Waals surface area (Å²) < 4.78 is 13.2. The summed E-state index contributed by atoms with van der Waals surface area (Å²) in [5.74, 6) is -0.339. The SMILES string of the molecule is Cl.N=C(N)c1ccc(F)cc1I. The number of amidine groups is 1. The van der Waals surface area contributed by atoms with E-state index in [1.807, 2.05) is 22.6 Å². The summed E-state index contributed by atoms with van der Waals surface area (Å²) in [5.41, 5.74) is 5.80. The van der Waals surface area contributed by atoms with Gasteiger partial charge in [0.2, 0.25) is 0 Å². The Bertz CT molecular complexity index is 303. The zero-order chi connectivity index (χ0) is 8.43. The average Bonchev–Trinajstić information content (AvgIpc) is 1.85. The van der Waals surface area contributed by atoms with Crippen molar-refractivity contribution in [2.45, 2.75) is 0 Å². The molecule has 66 valence electrons. The lowest BCUT2D eigenvalue weighted by atomic mass is 10.2. The summed E-state index contributed by atoms with van der Waals surface area (Å²) in [5, 5.41) is 7.10. The van der Waals surface area contributed by atoms with Crippen LogP contribution in [-0.2, 0) is 0 Å². The highest BCUT2D eigenvalue weighted by molar-refractivity contribution is 14.1. The molecule has 0 amide bonds. The number of hydrogen-bond acceptors (Lipinski definition) is 1. The maximum absolute atomic E-state index is 12.5. The Morgan fingerprint density at radius 1 is 1.50 bits per heavy atom. The Labute approximate surface area is 89.4 Å². The van der Waals surface area contributed by atoms with Crippen molar-refractivity contribution in [2.24, 2.45) is 5.73 Å². The molecule has 0 aromatic heterocycles. The van der Waals surface area contributed by atoms with Gasteiger partial charge in [0, 0.05) is 9.13 Å². The van der Waals surface area contributed by atoms with Gasteiger partial charge < -0.3 is 5.73 Å². The number of hydrogen-bond donors (Lipinski definition) is 2. The van der Waals surface area contributed by atoms with Gasteiger partial charge in [0.15, 0.2) is 0 Å². The standard InChI is InChI=1S/C7H6FIN2.ClH/c8-4-1-2-5(7(10)11)6(9)3-4;/h1-3H,(H3,10,11);1H. The second kappa shape index (κ2) is 4.61. The van der Waals surface area contributed by atoms with Crippen molar-refractivity contribution < 1.29 is 4.39 Å². The summed E-state index contributed by atoms with van der Waals surface area (Å²) in [7, 11) is 0. The molecule has 12 heavy (non-hydrogen) atoms. The highest BCUT2D eigenvalue weighted by atomic mass is 127. The van der Waals surface area contributed by atoms with Crippen LogP contribution < -0.4 is 5.73 Å². The van der Waals surface area contributed by atoms with E-state index < -0.39 is 0 Å². The molecule has 0 unspecified atom stereocenters. The monoisotopic (exact) mass is 300 g/mol. The molecular weight excluding hydrogens is 293 g/mol. The minimum atomic E-state index is -0.306. The summed E-state index contributed by atoms with van der Waals surface area (Å²) in [4.78, 5) is 0. The topological polar surface area (TPSA) is 49.9 Å². The van der Waals surface area contributed by atoms with Crippen LogP contribution in [0.3, 0.4) is 0 Å². The molecule has 0 heterocycles. The van der Waals surface area contributed by atoms with Gasteiger partial charge in [-0.05, 0) is 40.8 Å². The van der Waals surface area contributed by atoms with Crippen molar-refractivity contribution in [3.8, 4) is 0 Å². The van der Waals surface area contributed by atoms with Crippen LogP contribution >= 0.6 is 35.0 Å². The molecule has 0 aliphatic carbocycles. The van der Waals surface area contributed by atoms with Gasteiger partial charge in [-0.2, -0.15) is 0 Å². The number of rotatable bonds is 1. The molecule has 0 spiro atoms. The highest BCUT2D eigenvalue weighted by Gasteiger charge is 2.02. The maximum atomic E-state index is 12.5. The first kappa shape index (κ1) is 11.6. The number of nitrogens with two attached hydrogens (primary N) is 1. The van der Waals surface area contributed by atoms with E-state index in [0.717, 1.165) is 0 Å². The second-order valence-electron chi connectivity index (χ2n) is 2.04. The predicted octanol–water partition coefficient (Wildman–Crippen LogP) is 2.14. The van der Waals surface area contributed by atoms with Crippen molar-refractivity contribution in [3.63, 3.8) is 0 Å². The summed E-state index contributed by atoms with van der Waals surface area (Å²) >= 11 is 1.94. The molecule has 1 aromatic carbocycles. The lowest BCUT2D eigenvalue weighted by Crippen LogP contribution is -2.12. The quantitative estimate of drug-likeness (QED) is 0.466. The summed E-state index contributed by atoms with van der Waals surface area (Å²) in [6, 6.07) is 4.13. The molecule has 0 saturated carbocycles. The fourth-order valence-electron chi connectivity index (χ4n) is 0.708. The fraction of sp³-hybridized carbons (Fsp3) is 0. The zero-order valence-corrected chi connectivity index (χ0v) is 8.95. The predicted molar refractivity (Wildman–Crippen MR) is 57.4 cm³/mol. The van der Waals surface area contributed by atoms with Crippen LogP contribution in [-0.4, -0.2) is 5.84 Å². The van der Waals surface area contributed by atoms with E-state index in [1.165, 1.54) is 18.2 Å². The van der Waals surface area contributed by atoms with Crippen LogP contribution in [0.5, 0.6) is 0 Å². The van der Waals surface area contributed by atoms with Crippen LogP contribution in [0.2, 0.25) is 0 Å². The molecule has 2 nitrogen and oxygen atoms in total. The van der Waals surface area contributed by atoms with Gasteiger partial charge in [0.25, 0.3) is 0 Å². The van der Waals surface area contributed by atoms with E-state index in [2.05, 4.69) is 0 Å². The largest absolute Gasteiger partial charge is 0.384 e. The van der Waals surface area contributed by atoms with E-state index in [9.17, 15) is 4.39 Å². The third kappa shape index (κ3) is 2.60. The van der Waals surface area contributed by atoms with E-state index in [0.29, 0.717) is 9.13 Å². The summed E-state index contributed by atoms with van der Waals surface area (Å²) in [6.45, 7) is 0. The maximum Gasteiger partial charge on any atom is 0.124 e. The summed E-state index contributed by atoms with van der Waals surface area (Å²) in [6.07, 6.45) is 0. The van der Waals surface area contributed by atoms with Gasteiger partial charge in [-0.1, -0.05) is 0 Å². The van der Waals surface area contributed by atoms with Gasteiger partial charge in [-0.15, -0.1) is 12.4 Å². The van der Waals surface area contributed by atoms with Gasteiger partial charge in [0.05, 0.1) is 0 Å². The van der Waals surface area contributed by atoms with Gasteiger partial charge in [-0.25, -0.2) is 4.39 Å². The molecular formula is C7H7ClFIN2. The Morgan fingerprint density at radius 2 is 2.08 bits per heavy atom. The normalized spacial score (nSPS) is 8.83. The minimum absolute atomic E-state index is 0. The third-order valence-corrected chi connectivity index (χ3v) is 2.11. The zero-order valence-electron chi connectivity index (χ0n) is 5.97. The van der Waals surface area contributed by atoms with Crippen molar-refractivity contribution in [1.29, 1.82) is 5.41 Å². The first-order chi connectivity index (χ1) is 5.11. The van der Waals surface area contributed by atoms with E-state index in [-0.39, 0.29) is 24.1 Å². The van der Waals surface area contributed by atoms with Gasteiger partial charge in [-0.3, -0.25) is 5.41 Å². The lowest BCUT2D eigenvalue weighted by Gasteiger charge is -2.00. The molecule has 0 fully saturated rings. The van der Waals surface area contributed by atoms with E-state index in [1.54, 1.807) is 0 Å². The van der Waals surface area contributed by atoms with E-state index >= 15 is 0 Å². The molecule has 1 rings (SSSR count). The Hall–Kier alpha value is -0.360. The van der Waals surface area contributed by atoms with Crippen molar-refractivity contribution >= 4 is 40.8 Å². The fourth-order valence-corrected chi connectivity index (χ4v) is 1.48. The van der Waals surface area contributed by atoms with Crippen molar-refractivity contribution in [2.75, 3.05) is 0 Å². The molecule has 0 bridgehead atoms. The lowest BCUT2D eigenvalue weighted by molar-refractivity contribution is 0.626. The van der Waals surface area contributed by atoms with E-state index in [4.69, 9.17) is 11.1 Å². The number of nitrogens with one attached hydrogen (secondary N) is 1. The highest BCUT2D eigenvalue weighted by Crippen LogP contribution is 2.12. The van der Waals surface area contributed by atoms with Crippen LogP contribution in [0.1, 0.15) is 5.56 Å². The number of benzene rings is 1. The number of nitrogen functional groups attached to an aromatic ring is 1. The smallest absolute Gasteiger partial charge is 0.124 e. The molecule has 0 aliphatic heterocycles. The molecule has 0 atom stereocenters. The third-order valence-electron chi connectivity index (χ3n) is 1.22. The molecule has 1 aromatic rings. The molecule has 0 radical (unpaired) electrons. The van der Waals surface area contributed by atoms with Gasteiger partial charge >= 0.3 is 0 Å². The Kier molecular flexibility index (Phi) is 4.47. The van der Waals surface area contributed by atoms with Crippen LogP contribution in [0.25, 0.3) is 0 Å². The second-order valence-corrected chi connectivity index (χ2v) is 3.20. The molecule has 0 aliphatic rings. The Balaban J connectivity index is 0.00000121. The number of halogens is 3. The Morgan fingerprint density at radius 3 is 2.50 bits per heavy atom. The molecule has 5 heteroatoms. The first-order valence-corrected chi connectivity index (χ1v) is 3.98. The van der Waals surface area contributed by atoms with Crippen molar-refractivity contribution in [3.05, 3.63) is 33.1 Å². The van der Waals surface area contributed by atoms with Gasteiger partial charge in [0.1, 0.15) is 11.7 Å².